The number of hydrogen-bond donors (Lipinski definition) is 0. The monoisotopic (exact) mass is 305 g/mol. The van der Waals surface area contributed by atoms with Gasteiger partial charge in [0.15, 0.2) is 5.69 Å². The Labute approximate surface area is 116 Å². The van der Waals surface area contributed by atoms with Crippen LogP contribution in [0.3, 0.4) is 0 Å². The maximum Gasteiger partial charge on any atom is 0.435 e. The van der Waals surface area contributed by atoms with Crippen molar-refractivity contribution in [2.75, 3.05) is 6.61 Å². The molecule has 0 aromatic carbocycles. The number of rotatable bonds is 4. The molecule has 9 heteroatoms. The van der Waals surface area contributed by atoms with Crippen LogP contribution in [0.2, 0.25) is 0 Å². The summed E-state index contributed by atoms with van der Waals surface area (Å²) in [4.78, 5) is 11.5. The maximum absolute atomic E-state index is 13.1. The number of carbonyl (C=O) groups excluding carboxylic acids is 1. The van der Waals surface area contributed by atoms with E-state index in [2.05, 4.69) is 15.0 Å². The predicted molar refractivity (Wildman–Crippen MR) is 64.4 cm³/mol. The van der Waals surface area contributed by atoms with Crippen LogP contribution in [-0.2, 0) is 17.5 Å². The third-order valence-corrected chi connectivity index (χ3v) is 3.12. The van der Waals surface area contributed by atoms with Gasteiger partial charge in [0.05, 0.1) is 13.2 Å². The average molecular weight is 305 g/mol. The Morgan fingerprint density at radius 3 is 2.80 bits per heavy atom. The van der Waals surface area contributed by atoms with E-state index in [9.17, 15) is 18.0 Å². The summed E-state index contributed by atoms with van der Waals surface area (Å²) in [5, 5.41) is 10.2. The SMILES string of the molecule is CCOC(=O)c1nnn(Cc2ccsc2)c1C(F)(F)F. The fourth-order valence-corrected chi connectivity index (χ4v) is 2.26. The van der Waals surface area contributed by atoms with E-state index in [0.717, 1.165) is 0 Å². The van der Waals surface area contributed by atoms with Crippen LogP contribution in [0.5, 0.6) is 0 Å². The van der Waals surface area contributed by atoms with Crippen LogP contribution in [0.15, 0.2) is 16.8 Å². The van der Waals surface area contributed by atoms with E-state index >= 15 is 0 Å². The molecule has 2 aromatic rings. The van der Waals surface area contributed by atoms with E-state index in [4.69, 9.17) is 0 Å². The molecule has 2 heterocycles. The van der Waals surface area contributed by atoms with Crippen LogP contribution in [0, 0.1) is 0 Å². The Morgan fingerprint density at radius 1 is 1.50 bits per heavy atom. The first kappa shape index (κ1) is 14.5. The molecule has 0 saturated carbocycles. The van der Waals surface area contributed by atoms with Crippen LogP contribution in [0.4, 0.5) is 13.2 Å². The molecule has 0 aliphatic heterocycles. The van der Waals surface area contributed by atoms with Gasteiger partial charge in [-0.3, -0.25) is 0 Å². The number of carbonyl (C=O) groups is 1. The molecule has 0 amide bonds. The number of alkyl halides is 3. The molecule has 2 rings (SSSR count). The molecule has 20 heavy (non-hydrogen) atoms. The van der Waals surface area contributed by atoms with Crippen LogP contribution >= 0.6 is 11.3 Å². The Morgan fingerprint density at radius 2 is 2.25 bits per heavy atom. The lowest BCUT2D eigenvalue weighted by molar-refractivity contribution is -0.144. The Balaban J connectivity index is 2.40. The highest BCUT2D eigenvalue weighted by atomic mass is 32.1. The number of halogens is 3. The number of ether oxygens (including phenoxy) is 1. The quantitative estimate of drug-likeness (QED) is 0.815. The number of hydrogen-bond acceptors (Lipinski definition) is 5. The summed E-state index contributed by atoms with van der Waals surface area (Å²) in [5.74, 6) is -1.13. The summed E-state index contributed by atoms with van der Waals surface area (Å²) in [5.41, 5.74) is -1.35. The van der Waals surface area contributed by atoms with E-state index in [1.807, 2.05) is 0 Å². The van der Waals surface area contributed by atoms with Gasteiger partial charge >= 0.3 is 12.1 Å². The third kappa shape index (κ3) is 2.98. The second-order valence-corrected chi connectivity index (χ2v) is 4.57. The molecular weight excluding hydrogens is 295 g/mol. The van der Waals surface area contributed by atoms with Gasteiger partial charge in [-0.05, 0) is 29.3 Å². The lowest BCUT2D eigenvalue weighted by atomic mass is 10.3. The molecule has 0 aliphatic carbocycles. The minimum absolute atomic E-state index is 0.0342. The van der Waals surface area contributed by atoms with Crippen molar-refractivity contribution >= 4 is 17.3 Å². The van der Waals surface area contributed by atoms with Gasteiger partial charge in [0.2, 0.25) is 5.69 Å². The molecule has 108 valence electrons. The summed E-state index contributed by atoms with van der Waals surface area (Å²) < 4.78 is 44.4. The van der Waals surface area contributed by atoms with E-state index in [-0.39, 0.29) is 13.2 Å². The molecule has 2 aromatic heterocycles. The summed E-state index contributed by atoms with van der Waals surface area (Å²) in [6.07, 6.45) is -4.73. The summed E-state index contributed by atoms with van der Waals surface area (Å²) in [6, 6.07) is 1.68. The lowest BCUT2D eigenvalue weighted by Crippen LogP contribution is -2.19. The van der Waals surface area contributed by atoms with E-state index < -0.39 is 23.5 Å². The normalized spacial score (nSPS) is 11.6. The van der Waals surface area contributed by atoms with Crippen LogP contribution in [0.1, 0.15) is 28.7 Å². The van der Waals surface area contributed by atoms with Gasteiger partial charge in [0.1, 0.15) is 0 Å². The van der Waals surface area contributed by atoms with Gasteiger partial charge in [0.25, 0.3) is 0 Å². The molecule has 5 nitrogen and oxygen atoms in total. The third-order valence-electron chi connectivity index (χ3n) is 2.38. The second-order valence-electron chi connectivity index (χ2n) is 3.79. The number of aromatic nitrogens is 3. The Kier molecular flexibility index (Phi) is 4.07. The zero-order chi connectivity index (χ0) is 14.8. The first-order valence-electron chi connectivity index (χ1n) is 5.62. The van der Waals surface area contributed by atoms with Crippen molar-refractivity contribution in [1.29, 1.82) is 0 Å². The topological polar surface area (TPSA) is 57.0 Å². The molecular formula is C11H10F3N3O2S. The van der Waals surface area contributed by atoms with Gasteiger partial charge in [0, 0.05) is 0 Å². The highest BCUT2D eigenvalue weighted by molar-refractivity contribution is 7.07. The predicted octanol–water partition coefficient (Wildman–Crippen LogP) is 2.58. The smallest absolute Gasteiger partial charge is 0.435 e. The van der Waals surface area contributed by atoms with Crippen molar-refractivity contribution in [2.45, 2.75) is 19.6 Å². The molecule has 0 spiro atoms. The van der Waals surface area contributed by atoms with Crippen molar-refractivity contribution in [3.63, 3.8) is 0 Å². The van der Waals surface area contributed by atoms with Crippen LogP contribution < -0.4 is 0 Å². The first-order valence-corrected chi connectivity index (χ1v) is 6.56. The Bertz CT molecular complexity index is 593. The van der Waals surface area contributed by atoms with Crippen molar-refractivity contribution in [2.24, 2.45) is 0 Å². The van der Waals surface area contributed by atoms with E-state index in [0.29, 0.717) is 10.2 Å². The van der Waals surface area contributed by atoms with Crippen molar-refractivity contribution < 1.29 is 22.7 Å². The van der Waals surface area contributed by atoms with Crippen LogP contribution in [-0.4, -0.2) is 27.6 Å². The van der Waals surface area contributed by atoms with Crippen molar-refractivity contribution in [3.8, 4) is 0 Å². The number of nitrogens with zero attached hydrogens (tertiary/aromatic N) is 3. The van der Waals surface area contributed by atoms with E-state index in [1.165, 1.54) is 18.3 Å². The molecule has 0 radical (unpaired) electrons. The molecule has 0 atom stereocenters. The van der Waals surface area contributed by atoms with Gasteiger partial charge in [-0.1, -0.05) is 5.21 Å². The summed E-state index contributed by atoms with van der Waals surface area (Å²) in [6.45, 7) is 1.36. The fraction of sp³-hybridized carbons (Fsp3) is 0.364. The zero-order valence-electron chi connectivity index (χ0n) is 10.3. The number of esters is 1. The minimum Gasteiger partial charge on any atom is -0.461 e. The summed E-state index contributed by atoms with van der Waals surface area (Å²) in [7, 11) is 0. The minimum atomic E-state index is -4.73. The molecule has 0 fully saturated rings. The van der Waals surface area contributed by atoms with Gasteiger partial charge in [-0.2, -0.15) is 24.5 Å². The molecule has 0 saturated heterocycles. The largest absolute Gasteiger partial charge is 0.461 e. The molecule has 0 unspecified atom stereocenters. The highest BCUT2D eigenvalue weighted by Crippen LogP contribution is 2.31. The van der Waals surface area contributed by atoms with Gasteiger partial charge < -0.3 is 4.74 Å². The fourth-order valence-electron chi connectivity index (χ4n) is 1.60. The highest BCUT2D eigenvalue weighted by Gasteiger charge is 2.42. The standard InChI is InChI=1S/C11H10F3N3O2S/c1-2-19-10(18)8-9(11(12,13)14)17(16-15-8)5-7-3-4-20-6-7/h3-4,6H,2,5H2,1H3. The second kappa shape index (κ2) is 5.61. The molecule has 0 aliphatic rings. The zero-order valence-corrected chi connectivity index (χ0v) is 11.2. The molecule has 0 bridgehead atoms. The number of thiophene rings is 1. The molecule has 0 N–H and O–H groups in total. The lowest BCUT2D eigenvalue weighted by Gasteiger charge is -2.10. The van der Waals surface area contributed by atoms with Gasteiger partial charge in [-0.15, -0.1) is 5.10 Å². The van der Waals surface area contributed by atoms with Crippen molar-refractivity contribution in [3.05, 3.63) is 33.8 Å². The van der Waals surface area contributed by atoms with Crippen molar-refractivity contribution in [1.82, 2.24) is 15.0 Å². The van der Waals surface area contributed by atoms with E-state index in [1.54, 1.807) is 16.8 Å². The summed E-state index contributed by atoms with van der Waals surface area (Å²) >= 11 is 1.36. The van der Waals surface area contributed by atoms with Crippen LogP contribution in [0.25, 0.3) is 0 Å². The van der Waals surface area contributed by atoms with Gasteiger partial charge in [-0.25, -0.2) is 9.48 Å². The average Bonchev–Trinajstić information content (AvgIpc) is 2.98. The Hall–Kier alpha value is -1.90. The maximum atomic E-state index is 13.1. The first-order chi connectivity index (χ1) is 9.43.